The molecule has 0 spiro atoms. The van der Waals surface area contributed by atoms with Crippen molar-refractivity contribution in [3.63, 3.8) is 0 Å². The lowest BCUT2D eigenvalue weighted by Gasteiger charge is -2.37. The monoisotopic (exact) mass is 507 g/mol. The van der Waals surface area contributed by atoms with Crippen LogP contribution in [-0.4, -0.2) is 82.7 Å². The minimum absolute atomic E-state index is 0.00159. The summed E-state index contributed by atoms with van der Waals surface area (Å²) >= 11 is 0. The summed E-state index contributed by atoms with van der Waals surface area (Å²) in [5.74, 6) is 3.18. The zero-order valence-electron chi connectivity index (χ0n) is 20.7. The van der Waals surface area contributed by atoms with Crippen LogP contribution in [-0.2, 0) is 0 Å². The Bertz CT molecular complexity index is 1260. The van der Waals surface area contributed by atoms with Crippen molar-refractivity contribution in [3.8, 4) is 17.6 Å². The van der Waals surface area contributed by atoms with Gasteiger partial charge in [-0.3, -0.25) is 10.3 Å². The van der Waals surface area contributed by atoms with Crippen molar-refractivity contribution in [1.82, 2.24) is 14.8 Å². The van der Waals surface area contributed by atoms with Crippen LogP contribution in [0.15, 0.2) is 54.4 Å². The minimum Gasteiger partial charge on any atom is -0.507 e. The second kappa shape index (κ2) is 11.0. The van der Waals surface area contributed by atoms with Crippen LogP contribution >= 0.6 is 0 Å². The number of allylic oxidation sites excluding steroid dienone is 1. The number of amidine groups is 1. The number of hydrogen-bond donors (Lipinski definition) is 4. The van der Waals surface area contributed by atoms with Crippen LogP contribution < -0.4 is 10.6 Å². The zero-order valence-corrected chi connectivity index (χ0v) is 20.7. The van der Waals surface area contributed by atoms with Crippen molar-refractivity contribution in [2.24, 2.45) is 5.73 Å². The Morgan fingerprint density at radius 2 is 1.97 bits per heavy atom. The number of phenolic OH excluding ortho intramolecular Hbond substituents is 1. The van der Waals surface area contributed by atoms with Crippen LogP contribution in [0.25, 0.3) is 0 Å². The molecule has 0 aliphatic carbocycles. The van der Waals surface area contributed by atoms with Crippen molar-refractivity contribution in [2.75, 3.05) is 44.2 Å². The number of rotatable bonds is 6. The molecule has 8 nitrogen and oxygen atoms in total. The first kappa shape index (κ1) is 26.1. The van der Waals surface area contributed by atoms with Crippen molar-refractivity contribution >= 4 is 17.2 Å². The Balaban J connectivity index is 1.45. The fraction of sp³-hybridized carbons (Fsp3) is 0.370. The van der Waals surface area contributed by atoms with E-state index in [9.17, 15) is 13.9 Å². The number of nitrogens with zero attached hydrogens (tertiary/aromatic N) is 4. The number of pyridine rings is 1. The number of anilines is 1. The Labute approximate surface area is 215 Å². The average molecular weight is 508 g/mol. The lowest BCUT2D eigenvalue weighted by Crippen LogP contribution is -2.55. The SMILES string of the molecule is C[C@@H]1CCN(/C(=C/C(=N)c2ccccc2O)C(=N)N)CCN1c1ccnc(C#CCN2CC(F)(F)C2)c1. The van der Waals surface area contributed by atoms with E-state index in [1.54, 1.807) is 29.3 Å². The van der Waals surface area contributed by atoms with E-state index < -0.39 is 5.92 Å². The minimum atomic E-state index is -2.60. The van der Waals surface area contributed by atoms with E-state index >= 15 is 0 Å². The van der Waals surface area contributed by atoms with Crippen molar-refractivity contribution in [3.05, 3.63) is 65.6 Å². The molecule has 1 aromatic heterocycles. The topological polar surface area (TPSA) is 117 Å². The van der Waals surface area contributed by atoms with Crippen molar-refractivity contribution < 1.29 is 13.9 Å². The fourth-order valence-corrected chi connectivity index (χ4v) is 4.57. The molecule has 0 bridgehead atoms. The molecule has 1 aromatic carbocycles. The number of alkyl halides is 2. The maximum absolute atomic E-state index is 13.0. The number of aromatic hydroxyl groups is 1. The third-order valence-electron chi connectivity index (χ3n) is 6.56. The molecule has 2 fully saturated rings. The first-order chi connectivity index (χ1) is 17.6. The molecule has 2 aliphatic heterocycles. The molecule has 5 N–H and O–H groups in total. The quantitative estimate of drug-likeness (QED) is 0.272. The molecule has 2 saturated heterocycles. The number of hydrogen-bond acceptors (Lipinski definition) is 7. The maximum Gasteiger partial charge on any atom is 0.273 e. The van der Waals surface area contributed by atoms with Gasteiger partial charge >= 0.3 is 0 Å². The molecule has 1 atom stereocenters. The van der Waals surface area contributed by atoms with Gasteiger partial charge in [-0.25, -0.2) is 13.8 Å². The van der Waals surface area contributed by atoms with E-state index in [0.29, 0.717) is 36.6 Å². The molecule has 194 valence electrons. The molecule has 2 aromatic rings. The number of phenols is 1. The molecule has 2 aliphatic rings. The van der Waals surface area contributed by atoms with Gasteiger partial charge in [0.1, 0.15) is 17.3 Å². The number of halogens is 2. The normalized spacial score (nSPS) is 19.9. The van der Waals surface area contributed by atoms with Gasteiger partial charge in [-0.15, -0.1) is 0 Å². The Hall–Kier alpha value is -3.97. The van der Waals surface area contributed by atoms with Gasteiger partial charge in [0.25, 0.3) is 5.92 Å². The number of nitrogens with one attached hydrogen (secondary N) is 2. The smallest absolute Gasteiger partial charge is 0.273 e. The Morgan fingerprint density at radius 3 is 2.68 bits per heavy atom. The first-order valence-corrected chi connectivity index (χ1v) is 12.1. The highest BCUT2D eigenvalue weighted by Crippen LogP contribution is 2.26. The molecular formula is C27H31F2N7O. The molecule has 0 unspecified atom stereocenters. The van der Waals surface area contributed by atoms with E-state index in [4.69, 9.17) is 16.6 Å². The lowest BCUT2D eigenvalue weighted by atomic mass is 10.1. The number of para-hydroxylation sites is 1. The second-order valence-corrected chi connectivity index (χ2v) is 9.39. The summed E-state index contributed by atoms with van der Waals surface area (Å²) in [4.78, 5) is 10.2. The van der Waals surface area contributed by atoms with Gasteiger partial charge in [-0.2, -0.15) is 0 Å². The number of benzene rings is 1. The summed E-state index contributed by atoms with van der Waals surface area (Å²) in [5, 5.41) is 26.7. The summed E-state index contributed by atoms with van der Waals surface area (Å²) in [7, 11) is 0. The molecule has 0 saturated carbocycles. The van der Waals surface area contributed by atoms with Crippen molar-refractivity contribution in [1.29, 1.82) is 10.8 Å². The number of aromatic nitrogens is 1. The molecule has 0 radical (unpaired) electrons. The largest absolute Gasteiger partial charge is 0.507 e. The number of likely N-dealkylation sites (tertiary alicyclic amines) is 1. The Morgan fingerprint density at radius 1 is 1.22 bits per heavy atom. The molecule has 0 amide bonds. The van der Waals surface area contributed by atoms with E-state index in [-0.39, 0.29) is 43.0 Å². The predicted octanol–water partition coefficient (Wildman–Crippen LogP) is 2.88. The highest BCUT2D eigenvalue weighted by molar-refractivity contribution is 6.12. The predicted molar refractivity (Wildman–Crippen MR) is 140 cm³/mol. The highest BCUT2D eigenvalue weighted by Gasteiger charge is 2.43. The highest BCUT2D eigenvalue weighted by atomic mass is 19.3. The summed E-state index contributed by atoms with van der Waals surface area (Å²) in [6.07, 6.45) is 4.02. The second-order valence-electron chi connectivity index (χ2n) is 9.39. The standard InChI is InChI=1S/C27H31F2N7O/c1-19-9-12-35(24(26(31)32)16-23(30)22-6-2-3-7-25(22)37)13-14-36(19)21-8-10-33-20(15-21)5-4-11-34-17-27(28,29)18-34/h2-3,6-8,10,15-16,19,30,37H,9,11-14,17-18H2,1H3,(H3,31,32)/b24-16+,30-23?/t19-/m1/s1. The third kappa shape index (κ3) is 6.43. The fourth-order valence-electron chi connectivity index (χ4n) is 4.57. The molecule has 37 heavy (non-hydrogen) atoms. The van der Waals surface area contributed by atoms with E-state index in [1.807, 2.05) is 17.0 Å². The van der Waals surface area contributed by atoms with Crippen LogP contribution in [0.3, 0.4) is 0 Å². The molecular weight excluding hydrogens is 476 g/mol. The van der Waals surface area contributed by atoms with Crippen LogP contribution in [0.1, 0.15) is 24.6 Å². The van der Waals surface area contributed by atoms with Crippen LogP contribution in [0.4, 0.5) is 14.5 Å². The Kier molecular flexibility index (Phi) is 7.74. The van der Waals surface area contributed by atoms with Crippen LogP contribution in [0, 0.1) is 22.7 Å². The van der Waals surface area contributed by atoms with Crippen LogP contribution in [0.2, 0.25) is 0 Å². The van der Waals surface area contributed by atoms with Gasteiger partial charge in [0.2, 0.25) is 0 Å². The van der Waals surface area contributed by atoms with Crippen molar-refractivity contribution in [2.45, 2.75) is 25.3 Å². The molecule has 10 heteroatoms. The third-order valence-corrected chi connectivity index (χ3v) is 6.56. The van der Waals surface area contributed by atoms with E-state index in [0.717, 1.165) is 12.1 Å². The average Bonchev–Trinajstić information content (AvgIpc) is 3.03. The van der Waals surface area contributed by atoms with Crippen LogP contribution in [0.5, 0.6) is 5.75 Å². The summed E-state index contributed by atoms with van der Waals surface area (Å²) < 4.78 is 26.0. The van der Waals surface area contributed by atoms with E-state index in [1.165, 1.54) is 12.1 Å². The van der Waals surface area contributed by atoms with Gasteiger partial charge in [0.05, 0.1) is 31.0 Å². The van der Waals surface area contributed by atoms with Gasteiger partial charge < -0.3 is 26.0 Å². The number of nitrogens with two attached hydrogens (primary N) is 1. The van der Waals surface area contributed by atoms with Gasteiger partial charge in [-0.05, 0) is 49.6 Å². The summed E-state index contributed by atoms with van der Waals surface area (Å²) in [6.45, 7) is 3.79. The summed E-state index contributed by atoms with van der Waals surface area (Å²) in [6, 6.07) is 10.6. The molecule has 4 rings (SSSR count). The molecule has 3 heterocycles. The maximum atomic E-state index is 13.0. The van der Waals surface area contributed by atoms with Gasteiger partial charge in [0, 0.05) is 43.1 Å². The first-order valence-electron chi connectivity index (χ1n) is 12.1. The van der Waals surface area contributed by atoms with Gasteiger partial charge in [0.15, 0.2) is 0 Å². The zero-order chi connectivity index (χ0) is 26.6. The lowest BCUT2D eigenvalue weighted by molar-refractivity contribution is -0.125. The summed E-state index contributed by atoms with van der Waals surface area (Å²) in [5.41, 5.74) is 8.35. The van der Waals surface area contributed by atoms with E-state index in [2.05, 4.69) is 28.6 Å². The van der Waals surface area contributed by atoms with Gasteiger partial charge in [-0.1, -0.05) is 18.1 Å².